The van der Waals surface area contributed by atoms with Crippen LogP contribution in [0.4, 0.5) is 0 Å². The first-order valence-corrected chi connectivity index (χ1v) is 9.08. The van der Waals surface area contributed by atoms with E-state index < -0.39 is 0 Å². The lowest BCUT2D eigenvalue weighted by atomic mass is 10.1. The number of thioether (sulfide) groups is 1. The van der Waals surface area contributed by atoms with E-state index in [9.17, 15) is 0 Å². The van der Waals surface area contributed by atoms with E-state index >= 15 is 0 Å². The molecule has 0 amide bonds. The Morgan fingerprint density at radius 2 is 1.90 bits per heavy atom. The van der Waals surface area contributed by atoms with Crippen molar-refractivity contribution in [1.82, 2.24) is 0 Å². The highest BCUT2D eigenvalue weighted by atomic mass is 79.9. The van der Waals surface area contributed by atoms with E-state index in [0.717, 1.165) is 31.7 Å². The monoisotopic (exact) mass is 433 g/mol. The minimum Gasteiger partial charge on any atom is -0.327 e. The molecule has 0 radical (unpaired) electrons. The second kappa shape index (κ2) is 7.85. The normalized spacial score (nSPS) is 12.4. The van der Waals surface area contributed by atoms with Gasteiger partial charge in [-0.2, -0.15) is 0 Å². The molecule has 0 aromatic heterocycles. The summed E-state index contributed by atoms with van der Waals surface area (Å²) in [7, 11) is 0. The molecule has 0 fully saturated rings. The Bertz CT molecular complexity index is 592. The summed E-state index contributed by atoms with van der Waals surface area (Å²) in [5.41, 5.74) is 7.30. The molecule has 0 saturated carbocycles. The zero-order valence-corrected chi connectivity index (χ0v) is 15.4. The molecular formula is C15H14Br2ClNS. The molecule has 0 aliphatic rings. The van der Waals surface area contributed by atoms with Crippen molar-refractivity contribution < 1.29 is 0 Å². The topological polar surface area (TPSA) is 26.0 Å². The molecule has 5 heteroatoms. The molecule has 0 bridgehead atoms. The Morgan fingerprint density at radius 1 is 1.15 bits per heavy atom. The molecule has 20 heavy (non-hydrogen) atoms. The molecular weight excluding hydrogens is 422 g/mol. The van der Waals surface area contributed by atoms with Crippen LogP contribution in [0.15, 0.2) is 56.3 Å². The fourth-order valence-corrected chi connectivity index (χ4v) is 4.06. The summed E-state index contributed by atoms with van der Waals surface area (Å²) in [6.45, 7) is 0. The Morgan fingerprint density at radius 3 is 2.60 bits per heavy atom. The van der Waals surface area contributed by atoms with Crippen LogP contribution in [0.1, 0.15) is 5.56 Å². The molecule has 0 saturated heterocycles. The average molecular weight is 436 g/mol. The summed E-state index contributed by atoms with van der Waals surface area (Å²) in [4.78, 5) is 1.21. The van der Waals surface area contributed by atoms with E-state index in [-0.39, 0.29) is 6.04 Å². The minimum absolute atomic E-state index is 0.0748. The highest BCUT2D eigenvalue weighted by Crippen LogP contribution is 2.28. The van der Waals surface area contributed by atoms with Gasteiger partial charge in [0.05, 0.1) is 0 Å². The number of halogens is 3. The summed E-state index contributed by atoms with van der Waals surface area (Å²) in [6.07, 6.45) is 0.781. The first-order valence-electron chi connectivity index (χ1n) is 6.13. The molecule has 1 nitrogen and oxygen atoms in total. The molecule has 1 atom stereocenters. The van der Waals surface area contributed by atoms with Gasteiger partial charge >= 0.3 is 0 Å². The third kappa shape index (κ3) is 4.78. The van der Waals surface area contributed by atoms with Crippen molar-refractivity contribution in [2.45, 2.75) is 17.4 Å². The van der Waals surface area contributed by atoms with Crippen molar-refractivity contribution in [3.8, 4) is 0 Å². The van der Waals surface area contributed by atoms with Crippen LogP contribution in [-0.4, -0.2) is 11.8 Å². The van der Waals surface area contributed by atoms with Crippen molar-refractivity contribution in [2.24, 2.45) is 5.73 Å². The molecule has 106 valence electrons. The zero-order chi connectivity index (χ0) is 14.5. The number of hydrogen-bond acceptors (Lipinski definition) is 2. The predicted octanol–water partition coefficient (Wildman–Crippen LogP) is 5.53. The first kappa shape index (κ1) is 16.4. The van der Waals surface area contributed by atoms with Crippen LogP contribution in [0.2, 0.25) is 5.02 Å². The van der Waals surface area contributed by atoms with Crippen LogP contribution in [0, 0.1) is 0 Å². The van der Waals surface area contributed by atoms with Crippen molar-refractivity contribution >= 4 is 55.2 Å². The van der Waals surface area contributed by atoms with Crippen LogP contribution < -0.4 is 5.73 Å². The van der Waals surface area contributed by atoms with E-state index in [1.807, 2.05) is 36.4 Å². The van der Waals surface area contributed by atoms with Crippen LogP contribution in [0.5, 0.6) is 0 Å². The van der Waals surface area contributed by atoms with Crippen molar-refractivity contribution in [3.63, 3.8) is 0 Å². The van der Waals surface area contributed by atoms with Gasteiger partial charge in [-0.05, 0) is 52.2 Å². The molecule has 2 aromatic rings. The standard InChI is InChI=1S/C15H14Br2ClNS/c16-11-6-5-10(14(18)8-11)7-12(19)9-20-15-4-2-1-3-13(15)17/h1-6,8,12H,7,9,19H2. The third-order valence-electron chi connectivity index (χ3n) is 2.79. The Hall–Kier alpha value is -0.0000000000000000555. The zero-order valence-electron chi connectivity index (χ0n) is 10.7. The first-order chi connectivity index (χ1) is 9.56. The number of rotatable bonds is 5. The molecule has 1 unspecified atom stereocenters. The van der Waals surface area contributed by atoms with Gasteiger partial charge in [0, 0.05) is 30.7 Å². The lowest BCUT2D eigenvalue weighted by molar-refractivity contribution is 0.748. The van der Waals surface area contributed by atoms with E-state index in [0.29, 0.717) is 0 Å². The van der Waals surface area contributed by atoms with E-state index in [1.54, 1.807) is 11.8 Å². The maximum atomic E-state index is 6.22. The SMILES string of the molecule is NC(CSc1ccccc1Br)Cc1ccc(Br)cc1Cl. The van der Waals surface area contributed by atoms with Crippen LogP contribution >= 0.6 is 55.2 Å². The largest absolute Gasteiger partial charge is 0.327 e. The van der Waals surface area contributed by atoms with E-state index in [2.05, 4.69) is 37.9 Å². The van der Waals surface area contributed by atoms with Gasteiger partial charge in [0.25, 0.3) is 0 Å². The summed E-state index contributed by atoms with van der Waals surface area (Å²) < 4.78 is 2.10. The Balaban J connectivity index is 1.92. The molecule has 0 aliphatic carbocycles. The Kier molecular flexibility index (Phi) is 6.43. The van der Waals surface area contributed by atoms with Gasteiger partial charge in [-0.3, -0.25) is 0 Å². The van der Waals surface area contributed by atoms with Gasteiger partial charge in [0.1, 0.15) is 0 Å². The second-order valence-corrected chi connectivity index (χ2v) is 7.68. The number of nitrogens with two attached hydrogens (primary N) is 1. The molecule has 0 aliphatic heterocycles. The van der Waals surface area contributed by atoms with Gasteiger partial charge in [0.2, 0.25) is 0 Å². The maximum Gasteiger partial charge on any atom is 0.0449 e. The predicted molar refractivity (Wildman–Crippen MR) is 95.7 cm³/mol. The van der Waals surface area contributed by atoms with Crippen LogP contribution in [0.3, 0.4) is 0 Å². The highest BCUT2D eigenvalue weighted by molar-refractivity contribution is 9.10. The molecule has 2 rings (SSSR count). The fraction of sp³-hybridized carbons (Fsp3) is 0.200. The van der Waals surface area contributed by atoms with Gasteiger partial charge in [-0.25, -0.2) is 0 Å². The quantitative estimate of drug-likeness (QED) is 0.625. The van der Waals surface area contributed by atoms with Crippen LogP contribution in [0.25, 0.3) is 0 Å². The lowest BCUT2D eigenvalue weighted by Crippen LogP contribution is -2.25. The Labute approximate surface area is 145 Å². The van der Waals surface area contributed by atoms with Gasteiger partial charge in [-0.1, -0.05) is 45.7 Å². The number of hydrogen-bond donors (Lipinski definition) is 1. The lowest BCUT2D eigenvalue weighted by Gasteiger charge is -2.13. The fourth-order valence-electron chi connectivity index (χ4n) is 1.79. The van der Waals surface area contributed by atoms with Crippen molar-refractivity contribution in [2.75, 3.05) is 5.75 Å². The van der Waals surface area contributed by atoms with Crippen molar-refractivity contribution in [3.05, 3.63) is 62.0 Å². The molecule has 2 aromatic carbocycles. The third-order valence-corrected chi connectivity index (χ3v) is 5.85. The summed E-state index contributed by atoms with van der Waals surface area (Å²) in [6, 6.07) is 14.2. The van der Waals surface area contributed by atoms with E-state index in [4.69, 9.17) is 17.3 Å². The number of benzene rings is 2. The van der Waals surface area contributed by atoms with Gasteiger partial charge in [0.15, 0.2) is 0 Å². The van der Waals surface area contributed by atoms with Crippen LogP contribution in [-0.2, 0) is 6.42 Å². The maximum absolute atomic E-state index is 6.22. The minimum atomic E-state index is 0.0748. The second-order valence-electron chi connectivity index (χ2n) is 4.44. The van der Waals surface area contributed by atoms with Gasteiger partial charge in [-0.15, -0.1) is 11.8 Å². The molecule has 2 N–H and O–H groups in total. The smallest absolute Gasteiger partial charge is 0.0449 e. The van der Waals surface area contributed by atoms with Crippen molar-refractivity contribution in [1.29, 1.82) is 0 Å². The molecule has 0 heterocycles. The summed E-state index contributed by atoms with van der Waals surface area (Å²) in [5.74, 6) is 0.856. The highest BCUT2D eigenvalue weighted by Gasteiger charge is 2.09. The summed E-state index contributed by atoms with van der Waals surface area (Å²) in [5, 5.41) is 0.765. The van der Waals surface area contributed by atoms with E-state index in [1.165, 1.54) is 4.90 Å². The molecule has 0 spiro atoms. The van der Waals surface area contributed by atoms with Gasteiger partial charge < -0.3 is 5.73 Å². The average Bonchev–Trinajstić information content (AvgIpc) is 2.41. The summed E-state index contributed by atoms with van der Waals surface area (Å²) >= 11 is 14.9.